The van der Waals surface area contributed by atoms with Crippen LogP contribution in [0.4, 0.5) is 4.39 Å². The van der Waals surface area contributed by atoms with Gasteiger partial charge in [-0.1, -0.05) is 18.5 Å². The number of aryl methyl sites for hydroxylation is 2. The summed E-state index contributed by atoms with van der Waals surface area (Å²) < 4.78 is 16.1. The van der Waals surface area contributed by atoms with E-state index in [1.807, 2.05) is 13.8 Å². The van der Waals surface area contributed by atoms with Crippen LogP contribution in [-0.2, 0) is 12.1 Å². The van der Waals surface area contributed by atoms with E-state index in [0.29, 0.717) is 33.7 Å². The molecule has 1 fully saturated rings. The van der Waals surface area contributed by atoms with Gasteiger partial charge in [0.25, 0.3) is 5.91 Å². The lowest BCUT2D eigenvalue weighted by atomic mass is 9.98. The highest BCUT2D eigenvalue weighted by molar-refractivity contribution is 6.34. The molecular formula is C24H28ClFN4O3. The highest BCUT2D eigenvalue weighted by atomic mass is 35.5. The van der Waals surface area contributed by atoms with Gasteiger partial charge < -0.3 is 10.4 Å². The zero-order chi connectivity index (χ0) is 23.9. The summed E-state index contributed by atoms with van der Waals surface area (Å²) in [6.45, 7) is 4.45. The number of carbonyl (C=O) groups is 1. The van der Waals surface area contributed by atoms with Crippen LogP contribution in [0.1, 0.15) is 49.0 Å². The van der Waals surface area contributed by atoms with Gasteiger partial charge in [0.2, 0.25) is 0 Å². The van der Waals surface area contributed by atoms with E-state index in [4.69, 9.17) is 11.6 Å². The summed E-state index contributed by atoms with van der Waals surface area (Å²) in [5, 5.41) is 13.3. The molecule has 1 unspecified atom stereocenters. The zero-order valence-electron chi connectivity index (χ0n) is 19.0. The van der Waals surface area contributed by atoms with Crippen LogP contribution in [0.15, 0.2) is 29.2 Å². The summed E-state index contributed by atoms with van der Waals surface area (Å²) in [4.78, 5) is 30.4. The molecule has 2 N–H and O–H groups in total. The maximum atomic E-state index is 13.3. The smallest absolute Gasteiger partial charge is 0.331 e. The van der Waals surface area contributed by atoms with Gasteiger partial charge in [0, 0.05) is 17.8 Å². The standard InChI is InChI=1S/C24H28ClFN4O3/c1-4-24(3,13-31)30-21-20(29(8-7-26)23(30)33)10-15(12-27-21)17-11-18(19(25)9-14(17)2)22(32)28-16-5-6-16/h9-12,16,31H,4-8,13H2,1-3H3,(H,28,32). The third-order valence-electron chi connectivity index (χ3n) is 6.50. The second kappa shape index (κ2) is 8.91. The number of nitrogens with zero attached hydrogens (tertiary/aromatic N) is 3. The van der Waals surface area contributed by atoms with Crippen LogP contribution in [0.2, 0.25) is 5.02 Å². The monoisotopic (exact) mass is 474 g/mol. The Labute approximate surface area is 196 Å². The van der Waals surface area contributed by atoms with Crippen molar-refractivity contribution in [1.82, 2.24) is 19.4 Å². The fourth-order valence-electron chi connectivity index (χ4n) is 4.05. The molecule has 3 aromatic rings. The number of benzene rings is 1. The van der Waals surface area contributed by atoms with Gasteiger partial charge in [0.15, 0.2) is 5.65 Å². The van der Waals surface area contributed by atoms with Crippen LogP contribution >= 0.6 is 11.6 Å². The van der Waals surface area contributed by atoms with Gasteiger partial charge in [0.05, 0.1) is 34.8 Å². The number of carbonyl (C=O) groups excluding carboxylic acids is 1. The number of imidazole rings is 1. The van der Waals surface area contributed by atoms with Gasteiger partial charge in [-0.05, 0) is 62.4 Å². The lowest BCUT2D eigenvalue weighted by Crippen LogP contribution is -2.41. The van der Waals surface area contributed by atoms with Crippen molar-refractivity contribution in [1.29, 1.82) is 0 Å². The molecule has 0 radical (unpaired) electrons. The maximum Gasteiger partial charge on any atom is 0.331 e. The van der Waals surface area contributed by atoms with E-state index in [1.54, 1.807) is 31.3 Å². The summed E-state index contributed by atoms with van der Waals surface area (Å²) in [6.07, 6.45) is 4.06. The lowest BCUT2D eigenvalue weighted by molar-refractivity contribution is 0.0951. The normalized spacial score (nSPS) is 15.6. The van der Waals surface area contributed by atoms with Crippen molar-refractivity contribution in [3.8, 4) is 11.1 Å². The van der Waals surface area contributed by atoms with Crippen molar-refractivity contribution in [3.63, 3.8) is 0 Å². The molecule has 1 aliphatic rings. The first-order valence-corrected chi connectivity index (χ1v) is 11.5. The minimum atomic E-state index is -0.865. The molecule has 0 saturated heterocycles. The minimum Gasteiger partial charge on any atom is -0.394 e. The number of hydrogen-bond acceptors (Lipinski definition) is 4. The van der Waals surface area contributed by atoms with Gasteiger partial charge in [-0.25, -0.2) is 14.2 Å². The Balaban J connectivity index is 1.89. The Hall–Kier alpha value is -2.71. The number of aliphatic hydroxyl groups excluding tert-OH is 1. The lowest BCUT2D eigenvalue weighted by Gasteiger charge is -2.27. The Bertz CT molecular complexity index is 1270. The van der Waals surface area contributed by atoms with Crippen LogP contribution in [0, 0.1) is 6.92 Å². The van der Waals surface area contributed by atoms with Crippen LogP contribution in [0.25, 0.3) is 22.3 Å². The van der Waals surface area contributed by atoms with Crippen molar-refractivity contribution < 1.29 is 14.3 Å². The van der Waals surface area contributed by atoms with Crippen molar-refractivity contribution in [2.24, 2.45) is 0 Å². The molecule has 0 aliphatic heterocycles. The molecule has 1 saturated carbocycles. The van der Waals surface area contributed by atoms with Crippen molar-refractivity contribution in [2.75, 3.05) is 13.3 Å². The van der Waals surface area contributed by atoms with Crippen LogP contribution in [0.5, 0.6) is 0 Å². The largest absolute Gasteiger partial charge is 0.394 e. The highest BCUT2D eigenvalue weighted by Crippen LogP contribution is 2.32. The van der Waals surface area contributed by atoms with Crippen molar-refractivity contribution in [2.45, 2.75) is 58.2 Å². The molecule has 1 atom stereocenters. The predicted molar refractivity (Wildman–Crippen MR) is 127 cm³/mol. The molecule has 33 heavy (non-hydrogen) atoms. The molecule has 7 nitrogen and oxygen atoms in total. The van der Waals surface area contributed by atoms with Crippen molar-refractivity contribution >= 4 is 28.7 Å². The van der Waals surface area contributed by atoms with E-state index in [-0.39, 0.29) is 25.1 Å². The Morgan fingerprint density at radius 2 is 2.09 bits per heavy atom. The average molecular weight is 475 g/mol. The summed E-state index contributed by atoms with van der Waals surface area (Å²) in [6, 6.07) is 5.45. The van der Waals surface area contributed by atoms with E-state index in [9.17, 15) is 19.1 Å². The molecular weight excluding hydrogens is 447 g/mol. The number of alkyl halides is 1. The highest BCUT2D eigenvalue weighted by Gasteiger charge is 2.30. The first-order chi connectivity index (χ1) is 15.7. The number of nitrogens with one attached hydrogen (secondary N) is 1. The number of aromatic nitrogens is 3. The summed E-state index contributed by atoms with van der Waals surface area (Å²) in [7, 11) is 0. The van der Waals surface area contributed by atoms with Gasteiger partial charge >= 0.3 is 5.69 Å². The van der Waals surface area contributed by atoms with Crippen LogP contribution in [0.3, 0.4) is 0 Å². The van der Waals surface area contributed by atoms with Crippen LogP contribution in [-0.4, -0.2) is 44.5 Å². The number of hydrogen-bond donors (Lipinski definition) is 2. The Morgan fingerprint density at radius 1 is 1.36 bits per heavy atom. The fourth-order valence-corrected chi connectivity index (χ4v) is 4.36. The molecule has 1 aromatic carbocycles. The molecule has 0 bridgehead atoms. The van der Waals surface area contributed by atoms with E-state index in [2.05, 4.69) is 10.3 Å². The topological polar surface area (TPSA) is 89.2 Å². The van der Waals surface area contributed by atoms with Crippen LogP contribution < -0.4 is 11.0 Å². The number of pyridine rings is 1. The summed E-state index contributed by atoms with van der Waals surface area (Å²) in [5.41, 5.74) is 2.23. The number of aliphatic hydroxyl groups is 1. The quantitative estimate of drug-likeness (QED) is 0.519. The third kappa shape index (κ3) is 4.17. The van der Waals surface area contributed by atoms with E-state index in [1.165, 1.54) is 9.13 Å². The molecule has 1 amide bonds. The van der Waals surface area contributed by atoms with Crippen molar-refractivity contribution in [3.05, 3.63) is 51.0 Å². The molecule has 2 heterocycles. The maximum absolute atomic E-state index is 13.3. The van der Waals surface area contributed by atoms with E-state index >= 15 is 0 Å². The number of rotatable bonds is 8. The van der Waals surface area contributed by atoms with E-state index < -0.39 is 17.9 Å². The SMILES string of the molecule is CCC(C)(CO)n1c(=O)n(CCF)c2cc(-c3cc(C(=O)NC4CC4)c(Cl)cc3C)cnc21. The minimum absolute atomic E-state index is 0.118. The summed E-state index contributed by atoms with van der Waals surface area (Å²) >= 11 is 6.36. The molecule has 0 spiro atoms. The van der Waals surface area contributed by atoms with Gasteiger partial charge in [-0.15, -0.1) is 0 Å². The first-order valence-electron chi connectivity index (χ1n) is 11.1. The average Bonchev–Trinajstić information content (AvgIpc) is 3.56. The molecule has 1 aliphatic carbocycles. The molecule has 9 heteroatoms. The Kier molecular flexibility index (Phi) is 6.33. The number of amides is 1. The van der Waals surface area contributed by atoms with Gasteiger partial charge in [-0.2, -0.15) is 0 Å². The Morgan fingerprint density at radius 3 is 2.70 bits per heavy atom. The summed E-state index contributed by atoms with van der Waals surface area (Å²) in [5.74, 6) is -0.222. The third-order valence-corrected chi connectivity index (χ3v) is 6.82. The second-order valence-electron chi connectivity index (χ2n) is 8.93. The van der Waals surface area contributed by atoms with Gasteiger partial charge in [-0.3, -0.25) is 13.9 Å². The molecule has 2 aromatic heterocycles. The second-order valence-corrected chi connectivity index (χ2v) is 9.34. The number of halogens is 2. The zero-order valence-corrected chi connectivity index (χ0v) is 19.7. The first kappa shape index (κ1) is 23.4. The molecule has 176 valence electrons. The van der Waals surface area contributed by atoms with E-state index in [0.717, 1.165) is 24.0 Å². The number of fused-ring (bicyclic) bond motifs is 1. The fraction of sp³-hybridized carbons (Fsp3) is 0.458. The predicted octanol–water partition coefficient (Wildman–Crippen LogP) is 3.81. The van der Waals surface area contributed by atoms with Gasteiger partial charge in [0.1, 0.15) is 6.67 Å². The molecule has 4 rings (SSSR count).